The molecule has 17 heavy (non-hydrogen) atoms. The van der Waals surface area contributed by atoms with E-state index in [1.807, 2.05) is 0 Å². The van der Waals surface area contributed by atoms with Crippen molar-refractivity contribution in [3.8, 4) is 0 Å². The molecule has 0 radical (unpaired) electrons. The van der Waals surface area contributed by atoms with Crippen molar-refractivity contribution in [3.05, 3.63) is 23.9 Å². The maximum atomic E-state index is 12.6. The zero-order valence-corrected chi connectivity index (χ0v) is 8.61. The molecule has 1 aromatic rings. The number of carboxylic acids is 1. The minimum Gasteiger partial charge on any atom is -0.481 e. The van der Waals surface area contributed by atoms with Gasteiger partial charge in [-0.3, -0.25) is 4.79 Å². The summed E-state index contributed by atoms with van der Waals surface area (Å²) in [5.41, 5.74) is -0.830. The van der Waals surface area contributed by atoms with Crippen molar-refractivity contribution in [2.24, 2.45) is 5.92 Å². The van der Waals surface area contributed by atoms with E-state index in [1.165, 1.54) is 17.2 Å². The molecule has 0 aromatic carbocycles. The van der Waals surface area contributed by atoms with Crippen LogP contribution in [0, 0.1) is 5.92 Å². The SMILES string of the molecule is O=C(O)C1CN(c2ncccc2C(F)(F)F)C1. The van der Waals surface area contributed by atoms with E-state index in [2.05, 4.69) is 4.98 Å². The number of aliphatic carboxylic acids is 1. The molecule has 0 atom stereocenters. The van der Waals surface area contributed by atoms with Gasteiger partial charge in [-0.15, -0.1) is 0 Å². The van der Waals surface area contributed by atoms with Crippen molar-refractivity contribution in [2.45, 2.75) is 6.18 Å². The highest BCUT2D eigenvalue weighted by Gasteiger charge is 2.40. The second-order valence-corrected chi connectivity index (χ2v) is 3.81. The van der Waals surface area contributed by atoms with Crippen LogP contribution in [0.2, 0.25) is 0 Å². The first-order valence-electron chi connectivity index (χ1n) is 4.89. The van der Waals surface area contributed by atoms with Crippen molar-refractivity contribution >= 4 is 11.8 Å². The van der Waals surface area contributed by atoms with Crippen LogP contribution in [0.25, 0.3) is 0 Å². The third-order valence-electron chi connectivity index (χ3n) is 2.62. The molecule has 1 N–H and O–H groups in total. The lowest BCUT2D eigenvalue weighted by Gasteiger charge is -2.38. The summed E-state index contributed by atoms with van der Waals surface area (Å²) in [5, 5.41) is 8.66. The number of aromatic nitrogens is 1. The Morgan fingerprint density at radius 1 is 1.47 bits per heavy atom. The molecule has 0 bridgehead atoms. The van der Waals surface area contributed by atoms with Crippen LogP contribution in [0.1, 0.15) is 5.56 Å². The minimum atomic E-state index is -4.47. The number of anilines is 1. The standard InChI is InChI=1S/C10H9F3N2O2/c11-10(12,13)7-2-1-3-14-8(7)15-4-6(5-15)9(16)17/h1-3,6H,4-5H2,(H,16,17). The fraction of sp³-hybridized carbons (Fsp3) is 0.400. The molecule has 92 valence electrons. The summed E-state index contributed by atoms with van der Waals surface area (Å²) in [6.07, 6.45) is -3.21. The molecule has 0 amide bonds. The molecule has 1 aliphatic rings. The molecular formula is C10H9F3N2O2. The van der Waals surface area contributed by atoms with Gasteiger partial charge >= 0.3 is 12.1 Å². The van der Waals surface area contributed by atoms with Crippen LogP contribution in [-0.2, 0) is 11.0 Å². The Labute approximate surface area is 94.7 Å². The molecule has 4 nitrogen and oxygen atoms in total. The van der Waals surface area contributed by atoms with E-state index in [1.54, 1.807) is 0 Å². The molecule has 1 aromatic heterocycles. The summed E-state index contributed by atoms with van der Waals surface area (Å²) < 4.78 is 37.9. The van der Waals surface area contributed by atoms with Gasteiger partial charge in [0.15, 0.2) is 0 Å². The van der Waals surface area contributed by atoms with E-state index in [-0.39, 0.29) is 18.9 Å². The fourth-order valence-electron chi connectivity index (χ4n) is 1.68. The summed E-state index contributed by atoms with van der Waals surface area (Å²) >= 11 is 0. The van der Waals surface area contributed by atoms with Gasteiger partial charge in [-0.25, -0.2) is 4.98 Å². The van der Waals surface area contributed by atoms with Crippen molar-refractivity contribution in [2.75, 3.05) is 18.0 Å². The monoisotopic (exact) mass is 246 g/mol. The van der Waals surface area contributed by atoms with Gasteiger partial charge in [-0.05, 0) is 12.1 Å². The normalized spacial score (nSPS) is 16.8. The van der Waals surface area contributed by atoms with Gasteiger partial charge in [0.25, 0.3) is 0 Å². The Hall–Kier alpha value is -1.79. The summed E-state index contributed by atoms with van der Waals surface area (Å²) in [7, 11) is 0. The number of carboxylic acid groups (broad SMARTS) is 1. The molecule has 0 saturated carbocycles. The summed E-state index contributed by atoms with van der Waals surface area (Å²) in [6.45, 7) is 0.130. The molecule has 0 unspecified atom stereocenters. The van der Waals surface area contributed by atoms with E-state index in [0.717, 1.165) is 6.07 Å². The molecule has 1 aliphatic heterocycles. The van der Waals surface area contributed by atoms with Crippen molar-refractivity contribution in [1.29, 1.82) is 0 Å². The minimum absolute atomic E-state index is 0.0649. The van der Waals surface area contributed by atoms with E-state index in [9.17, 15) is 18.0 Å². The van der Waals surface area contributed by atoms with E-state index < -0.39 is 23.6 Å². The number of rotatable bonds is 2. The molecule has 0 aliphatic carbocycles. The van der Waals surface area contributed by atoms with Crippen LogP contribution >= 0.6 is 0 Å². The molecule has 1 saturated heterocycles. The van der Waals surface area contributed by atoms with Gasteiger partial charge in [0.05, 0.1) is 11.5 Å². The maximum absolute atomic E-state index is 12.6. The zero-order valence-electron chi connectivity index (χ0n) is 8.61. The van der Waals surface area contributed by atoms with Crippen molar-refractivity contribution < 1.29 is 23.1 Å². The number of nitrogens with zero attached hydrogens (tertiary/aromatic N) is 2. The number of hydrogen-bond donors (Lipinski definition) is 1. The van der Waals surface area contributed by atoms with Gasteiger partial charge in [0.1, 0.15) is 5.82 Å². The number of halogens is 3. The lowest BCUT2D eigenvalue weighted by atomic mass is 10.00. The number of alkyl halides is 3. The third kappa shape index (κ3) is 2.17. The highest BCUT2D eigenvalue weighted by molar-refractivity contribution is 5.74. The summed E-state index contributed by atoms with van der Waals surface area (Å²) in [6, 6.07) is 2.15. The molecule has 0 spiro atoms. The van der Waals surface area contributed by atoms with E-state index in [0.29, 0.717) is 0 Å². The Morgan fingerprint density at radius 3 is 2.65 bits per heavy atom. The number of hydrogen-bond acceptors (Lipinski definition) is 3. The molecular weight excluding hydrogens is 237 g/mol. The molecule has 2 heterocycles. The highest BCUT2D eigenvalue weighted by Crippen LogP contribution is 2.37. The van der Waals surface area contributed by atoms with E-state index >= 15 is 0 Å². The summed E-state index contributed by atoms with van der Waals surface area (Å²) in [4.78, 5) is 15.6. The Balaban J connectivity index is 2.21. The van der Waals surface area contributed by atoms with Crippen LogP contribution in [0.4, 0.5) is 19.0 Å². The largest absolute Gasteiger partial charge is 0.481 e. The topological polar surface area (TPSA) is 53.4 Å². The fourth-order valence-corrected chi connectivity index (χ4v) is 1.68. The first-order chi connectivity index (χ1) is 7.89. The zero-order chi connectivity index (χ0) is 12.6. The van der Waals surface area contributed by atoms with Gasteiger partial charge < -0.3 is 10.0 Å². The molecule has 2 rings (SSSR count). The third-order valence-corrected chi connectivity index (χ3v) is 2.62. The first kappa shape index (κ1) is 11.7. The van der Waals surface area contributed by atoms with Crippen LogP contribution < -0.4 is 4.90 Å². The Morgan fingerprint density at radius 2 is 2.12 bits per heavy atom. The Kier molecular flexibility index (Phi) is 2.68. The van der Waals surface area contributed by atoms with Gasteiger partial charge in [-0.1, -0.05) is 0 Å². The van der Waals surface area contributed by atoms with Crippen LogP contribution in [0.3, 0.4) is 0 Å². The van der Waals surface area contributed by atoms with Crippen molar-refractivity contribution in [3.63, 3.8) is 0 Å². The smallest absolute Gasteiger partial charge is 0.419 e. The van der Waals surface area contributed by atoms with Crippen LogP contribution in [0.15, 0.2) is 18.3 Å². The summed E-state index contributed by atoms with van der Waals surface area (Å²) in [5.74, 6) is -1.80. The van der Waals surface area contributed by atoms with Crippen LogP contribution in [-0.4, -0.2) is 29.1 Å². The second-order valence-electron chi connectivity index (χ2n) is 3.81. The van der Waals surface area contributed by atoms with Crippen LogP contribution in [0.5, 0.6) is 0 Å². The molecule has 1 fully saturated rings. The maximum Gasteiger partial charge on any atom is 0.419 e. The van der Waals surface area contributed by atoms with Gasteiger partial charge in [0.2, 0.25) is 0 Å². The predicted octanol–water partition coefficient (Wildman–Crippen LogP) is 1.62. The van der Waals surface area contributed by atoms with Crippen molar-refractivity contribution in [1.82, 2.24) is 4.98 Å². The Bertz CT molecular complexity index is 441. The number of carbonyl (C=O) groups is 1. The lowest BCUT2D eigenvalue weighted by Crippen LogP contribution is -2.51. The average molecular weight is 246 g/mol. The van der Waals surface area contributed by atoms with Gasteiger partial charge in [-0.2, -0.15) is 13.2 Å². The van der Waals surface area contributed by atoms with E-state index in [4.69, 9.17) is 5.11 Å². The first-order valence-corrected chi connectivity index (χ1v) is 4.89. The second kappa shape index (κ2) is 3.90. The quantitative estimate of drug-likeness (QED) is 0.861. The highest BCUT2D eigenvalue weighted by atomic mass is 19.4. The van der Waals surface area contributed by atoms with Gasteiger partial charge in [0, 0.05) is 19.3 Å². The number of pyridine rings is 1. The predicted molar refractivity (Wildman–Crippen MR) is 52.6 cm³/mol. The molecule has 7 heteroatoms. The lowest BCUT2D eigenvalue weighted by molar-refractivity contribution is -0.142. The average Bonchev–Trinajstić information content (AvgIpc) is 2.13.